The molecule has 5 nitrogen and oxygen atoms in total. The van der Waals surface area contributed by atoms with Crippen LogP contribution in [0.3, 0.4) is 0 Å². The summed E-state index contributed by atoms with van der Waals surface area (Å²) < 4.78 is 0. The number of ketones is 2. The van der Waals surface area contributed by atoms with E-state index in [1.165, 1.54) is 0 Å². The number of Topliss-reactive ketones (excluding diaryl/α,β-unsaturated/α-hetero) is 2. The fourth-order valence-corrected chi connectivity index (χ4v) is 2.41. The van der Waals surface area contributed by atoms with Crippen molar-refractivity contribution in [2.24, 2.45) is 11.8 Å². The van der Waals surface area contributed by atoms with Crippen LogP contribution in [0.1, 0.15) is 51.0 Å². The maximum absolute atomic E-state index is 12.2. The minimum absolute atomic E-state index is 0.0648. The molecule has 1 heterocycles. The van der Waals surface area contributed by atoms with Crippen molar-refractivity contribution in [3.05, 3.63) is 17.7 Å². The van der Waals surface area contributed by atoms with Crippen LogP contribution in [0.25, 0.3) is 0 Å². The van der Waals surface area contributed by atoms with E-state index in [2.05, 4.69) is 15.2 Å². The van der Waals surface area contributed by atoms with Gasteiger partial charge in [-0.05, 0) is 18.3 Å². The molecule has 0 aliphatic heterocycles. The van der Waals surface area contributed by atoms with Gasteiger partial charge in [-0.1, -0.05) is 20.8 Å². The Morgan fingerprint density at radius 2 is 1.89 bits per heavy atom. The van der Waals surface area contributed by atoms with Crippen LogP contribution in [0.5, 0.6) is 0 Å². The fraction of sp³-hybridized carbons (Fsp3) is 0.643. The van der Waals surface area contributed by atoms with Gasteiger partial charge in [-0.2, -0.15) is 5.10 Å². The first-order chi connectivity index (χ1) is 9.02. The quantitative estimate of drug-likeness (QED) is 0.775. The van der Waals surface area contributed by atoms with Crippen molar-refractivity contribution < 1.29 is 9.59 Å². The summed E-state index contributed by atoms with van der Waals surface area (Å²) in [4.78, 5) is 28.7. The van der Waals surface area contributed by atoms with Gasteiger partial charge in [0.25, 0.3) is 0 Å². The van der Waals surface area contributed by atoms with E-state index in [1.54, 1.807) is 6.20 Å². The Balaban J connectivity index is 2.25. The number of carbonyl (C=O) groups is 2. The Morgan fingerprint density at radius 1 is 1.26 bits per heavy atom. The highest BCUT2D eigenvalue weighted by Crippen LogP contribution is 2.32. The maximum Gasteiger partial charge on any atom is 0.169 e. The zero-order valence-corrected chi connectivity index (χ0v) is 11.6. The van der Waals surface area contributed by atoms with Gasteiger partial charge in [0.05, 0.1) is 11.9 Å². The van der Waals surface area contributed by atoms with Gasteiger partial charge in [0.1, 0.15) is 5.92 Å². The largest absolute Gasteiger partial charge is 0.298 e. The summed E-state index contributed by atoms with van der Waals surface area (Å²) in [7, 11) is 0. The van der Waals surface area contributed by atoms with E-state index in [0.29, 0.717) is 25.2 Å². The number of nitrogens with zero attached hydrogens (tertiary/aromatic N) is 3. The van der Waals surface area contributed by atoms with Crippen molar-refractivity contribution in [2.75, 3.05) is 0 Å². The fourth-order valence-electron chi connectivity index (χ4n) is 2.41. The number of hydrogen-bond donors (Lipinski definition) is 0. The molecule has 0 bridgehead atoms. The Morgan fingerprint density at radius 3 is 2.42 bits per heavy atom. The molecular weight excluding hydrogens is 242 g/mol. The first kappa shape index (κ1) is 13.8. The molecule has 0 unspecified atom stereocenters. The van der Waals surface area contributed by atoms with Gasteiger partial charge in [-0.3, -0.25) is 9.59 Å². The van der Waals surface area contributed by atoms with E-state index in [1.807, 2.05) is 20.8 Å². The lowest BCUT2D eigenvalue weighted by atomic mass is 9.75. The molecule has 1 saturated carbocycles. The minimum atomic E-state index is -0.797. The van der Waals surface area contributed by atoms with E-state index in [4.69, 9.17) is 0 Å². The van der Waals surface area contributed by atoms with E-state index in [9.17, 15) is 9.59 Å². The van der Waals surface area contributed by atoms with Crippen molar-refractivity contribution in [2.45, 2.75) is 46.0 Å². The molecule has 0 amide bonds. The molecule has 2 rings (SSSR count). The summed E-state index contributed by atoms with van der Waals surface area (Å²) in [5.74, 6) is -0.158. The number of hydrogen-bond acceptors (Lipinski definition) is 5. The van der Waals surface area contributed by atoms with Crippen molar-refractivity contribution in [1.29, 1.82) is 0 Å². The lowest BCUT2D eigenvalue weighted by Gasteiger charge is -2.27. The average Bonchev–Trinajstić information content (AvgIpc) is 2.38. The van der Waals surface area contributed by atoms with Gasteiger partial charge in [0.15, 0.2) is 17.4 Å². The molecule has 0 radical (unpaired) electrons. The molecule has 1 fully saturated rings. The van der Waals surface area contributed by atoms with Crippen molar-refractivity contribution >= 4 is 11.6 Å². The summed E-state index contributed by atoms with van der Waals surface area (Å²) >= 11 is 0. The van der Waals surface area contributed by atoms with Crippen LogP contribution in [0.4, 0.5) is 0 Å². The summed E-state index contributed by atoms with van der Waals surface area (Å²) in [6.07, 6.45) is 3.16. The highest BCUT2D eigenvalue weighted by molar-refractivity contribution is 6.09. The smallest absolute Gasteiger partial charge is 0.169 e. The third-order valence-corrected chi connectivity index (χ3v) is 3.76. The molecule has 0 spiro atoms. The van der Waals surface area contributed by atoms with Crippen molar-refractivity contribution in [1.82, 2.24) is 15.2 Å². The number of rotatable bonds is 3. The molecule has 0 saturated heterocycles. The van der Waals surface area contributed by atoms with Gasteiger partial charge < -0.3 is 0 Å². The van der Waals surface area contributed by atoms with Crippen LogP contribution in [-0.4, -0.2) is 26.7 Å². The molecule has 1 aromatic rings. The molecule has 19 heavy (non-hydrogen) atoms. The van der Waals surface area contributed by atoms with Crippen LogP contribution in [-0.2, 0) is 16.0 Å². The monoisotopic (exact) mass is 261 g/mol. The van der Waals surface area contributed by atoms with Crippen LogP contribution in [0.2, 0.25) is 0 Å². The highest BCUT2D eigenvalue weighted by Gasteiger charge is 2.39. The molecule has 0 N–H and O–H groups in total. The number of carbonyl (C=O) groups excluding carboxylic acids is 2. The van der Waals surface area contributed by atoms with E-state index in [0.717, 1.165) is 5.69 Å². The molecule has 102 valence electrons. The second-order valence-electron chi connectivity index (χ2n) is 5.44. The molecule has 5 heteroatoms. The van der Waals surface area contributed by atoms with E-state index in [-0.39, 0.29) is 23.3 Å². The molecule has 0 atom stereocenters. The van der Waals surface area contributed by atoms with E-state index < -0.39 is 5.92 Å². The summed E-state index contributed by atoms with van der Waals surface area (Å²) in [6, 6.07) is 0. The number of aryl methyl sites for hydroxylation is 1. The minimum Gasteiger partial charge on any atom is -0.298 e. The van der Waals surface area contributed by atoms with Crippen LogP contribution in [0, 0.1) is 11.8 Å². The van der Waals surface area contributed by atoms with Crippen molar-refractivity contribution in [3.8, 4) is 0 Å². The Hall–Kier alpha value is -1.65. The van der Waals surface area contributed by atoms with Gasteiger partial charge in [-0.15, -0.1) is 5.10 Å². The molecule has 0 aromatic carbocycles. The standard InChI is InChI=1S/C14H19N3O2/c1-4-10-7-15-17-14(16-10)13-11(18)5-9(8(2)3)6-12(13)19/h7-9,13H,4-6H2,1-3H3. The summed E-state index contributed by atoms with van der Waals surface area (Å²) in [6.45, 7) is 6.04. The zero-order valence-electron chi connectivity index (χ0n) is 11.6. The first-order valence-corrected chi connectivity index (χ1v) is 6.76. The second kappa shape index (κ2) is 5.55. The maximum atomic E-state index is 12.2. The topological polar surface area (TPSA) is 72.8 Å². The normalized spacial score (nSPS) is 24.0. The molecule has 1 aliphatic carbocycles. The lowest BCUT2D eigenvalue weighted by molar-refractivity contribution is -0.134. The summed E-state index contributed by atoms with van der Waals surface area (Å²) in [5.41, 5.74) is 0.761. The Kier molecular flexibility index (Phi) is 4.02. The second-order valence-corrected chi connectivity index (χ2v) is 5.44. The SMILES string of the molecule is CCc1cnnc(C2C(=O)CC(C(C)C)CC2=O)n1. The van der Waals surface area contributed by atoms with Gasteiger partial charge >= 0.3 is 0 Å². The summed E-state index contributed by atoms with van der Waals surface area (Å²) in [5, 5.41) is 7.72. The predicted octanol–water partition coefficient (Wildman–Crippen LogP) is 1.72. The first-order valence-electron chi connectivity index (χ1n) is 6.76. The lowest BCUT2D eigenvalue weighted by Crippen LogP contribution is -2.35. The predicted molar refractivity (Wildman–Crippen MR) is 69.5 cm³/mol. The van der Waals surface area contributed by atoms with Crippen molar-refractivity contribution in [3.63, 3.8) is 0 Å². The van der Waals surface area contributed by atoms with Gasteiger partial charge in [0.2, 0.25) is 0 Å². The van der Waals surface area contributed by atoms with E-state index >= 15 is 0 Å². The third kappa shape index (κ3) is 2.85. The van der Waals surface area contributed by atoms with Crippen LogP contribution >= 0.6 is 0 Å². The third-order valence-electron chi connectivity index (χ3n) is 3.76. The van der Waals surface area contributed by atoms with Crippen LogP contribution in [0.15, 0.2) is 6.20 Å². The highest BCUT2D eigenvalue weighted by atomic mass is 16.2. The average molecular weight is 261 g/mol. The Bertz CT molecular complexity index is 481. The number of aromatic nitrogens is 3. The Labute approximate surface area is 112 Å². The molecule has 1 aliphatic rings. The van der Waals surface area contributed by atoms with Gasteiger partial charge in [0, 0.05) is 12.8 Å². The molecular formula is C14H19N3O2. The zero-order chi connectivity index (χ0) is 14.0. The van der Waals surface area contributed by atoms with Gasteiger partial charge in [-0.25, -0.2) is 4.98 Å². The van der Waals surface area contributed by atoms with Crippen LogP contribution < -0.4 is 0 Å². The molecule has 1 aromatic heterocycles.